The smallest absolute Gasteiger partial charge is 0.312 e. The Balaban J connectivity index is 1.99. The SMILES string of the molecule is O=C(O)C1C=CCC1N1C(=O)c2ccccc2C1=O. The molecule has 0 spiro atoms. The number of carbonyl (C=O) groups is 3. The fourth-order valence-corrected chi connectivity index (χ4v) is 2.66. The summed E-state index contributed by atoms with van der Waals surface area (Å²) in [7, 11) is 0. The lowest BCUT2D eigenvalue weighted by Gasteiger charge is -2.25. The lowest BCUT2D eigenvalue weighted by molar-refractivity contribution is -0.141. The second-order valence-electron chi connectivity index (χ2n) is 4.62. The van der Waals surface area contributed by atoms with E-state index in [0.29, 0.717) is 17.5 Å². The van der Waals surface area contributed by atoms with Gasteiger partial charge in [-0.1, -0.05) is 24.3 Å². The first-order chi connectivity index (χ1) is 9.11. The standard InChI is InChI=1S/C14H11NO4/c16-12-8-4-1-2-5-9(8)13(17)15(12)11-7-3-6-10(11)14(18)19/h1-6,10-11H,7H2,(H,18,19). The van der Waals surface area contributed by atoms with Crippen molar-refractivity contribution < 1.29 is 19.5 Å². The zero-order valence-corrected chi connectivity index (χ0v) is 9.95. The van der Waals surface area contributed by atoms with Gasteiger partial charge in [0.2, 0.25) is 0 Å². The summed E-state index contributed by atoms with van der Waals surface area (Å²) in [5.41, 5.74) is 0.701. The Morgan fingerprint density at radius 2 is 1.74 bits per heavy atom. The van der Waals surface area contributed by atoms with Crippen LogP contribution in [0.3, 0.4) is 0 Å². The molecule has 0 saturated heterocycles. The molecule has 0 bridgehead atoms. The van der Waals surface area contributed by atoms with E-state index in [1.807, 2.05) is 0 Å². The fourth-order valence-electron chi connectivity index (χ4n) is 2.66. The number of carbonyl (C=O) groups excluding carboxylic acids is 2. The highest BCUT2D eigenvalue weighted by Gasteiger charge is 2.44. The maximum absolute atomic E-state index is 12.2. The summed E-state index contributed by atoms with van der Waals surface area (Å²) in [6, 6.07) is 5.94. The van der Waals surface area contributed by atoms with E-state index in [9.17, 15) is 14.4 Å². The molecule has 2 unspecified atom stereocenters. The number of imide groups is 1. The number of nitrogens with zero attached hydrogens (tertiary/aromatic N) is 1. The molecule has 19 heavy (non-hydrogen) atoms. The van der Waals surface area contributed by atoms with Crippen molar-refractivity contribution in [2.45, 2.75) is 12.5 Å². The van der Waals surface area contributed by atoms with E-state index in [0.717, 1.165) is 4.90 Å². The maximum Gasteiger partial charge on any atom is 0.312 e. The molecular formula is C14H11NO4. The van der Waals surface area contributed by atoms with Crippen LogP contribution in [0.2, 0.25) is 0 Å². The normalized spacial score (nSPS) is 24.9. The van der Waals surface area contributed by atoms with Crippen LogP contribution in [0.15, 0.2) is 36.4 Å². The molecule has 1 aromatic rings. The zero-order chi connectivity index (χ0) is 13.6. The Hall–Kier alpha value is -2.43. The molecule has 1 aromatic carbocycles. The van der Waals surface area contributed by atoms with E-state index in [-0.39, 0.29) is 0 Å². The van der Waals surface area contributed by atoms with Crippen molar-refractivity contribution >= 4 is 17.8 Å². The third-order valence-electron chi connectivity index (χ3n) is 3.58. The van der Waals surface area contributed by atoms with Gasteiger partial charge in [0.05, 0.1) is 23.1 Å². The predicted molar refractivity (Wildman–Crippen MR) is 65.6 cm³/mol. The molecule has 1 aliphatic carbocycles. The molecule has 2 aliphatic rings. The van der Waals surface area contributed by atoms with E-state index in [2.05, 4.69) is 0 Å². The van der Waals surface area contributed by atoms with Crippen molar-refractivity contribution in [1.29, 1.82) is 0 Å². The number of fused-ring (bicyclic) bond motifs is 1. The number of amides is 2. The van der Waals surface area contributed by atoms with Crippen LogP contribution in [0.4, 0.5) is 0 Å². The predicted octanol–water partition coefficient (Wildman–Crippen LogP) is 1.31. The number of rotatable bonds is 2. The van der Waals surface area contributed by atoms with Crippen LogP contribution in [-0.2, 0) is 4.79 Å². The Labute approximate surface area is 109 Å². The van der Waals surface area contributed by atoms with Gasteiger partial charge in [-0.2, -0.15) is 0 Å². The highest BCUT2D eigenvalue weighted by Crippen LogP contribution is 2.31. The summed E-state index contributed by atoms with van der Waals surface area (Å²) in [6.07, 6.45) is 3.63. The molecular weight excluding hydrogens is 246 g/mol. The highest BCUT2D eigenvalue weighted by molar-refractivity contribution is 6.21. The molecule has 0 aromatic heterocycles. The van der Waals surface area contributed by atoms with Crippen LogP contribution < -0.4 is 0 Å². The molecule has 3 rings (SSSR count). The van der Waals surface area contributed by atoms with Crippen LogP contribution in [0.1, 0.15) is 27.1 Å². The molecule has 5 nitrogen and oxygen atoms in total. The summed E-state index contributed by atoms with van der Waals surface area (Å²) >= 11 is 0. The molecule has 96 valence electrons. The van der Waals surface area contributed by atoms with Gasteiger partial charge in [0, 0.05) is 0 Å². The summed E-state index contributed by atoms with van der Waals surface area (Å²) in [5, 5.41) is 9.13. The number of carboxylic acids is 1. The molecule has 1 aliphatic heterocycles. The zero-order valence-electron chi connectivity index (χ0n) is 9.95. The largest absolute Gasteiger partial charge is 0.481 e. The van der Waals surface area contributed by atoms with Crippen molar-refractivity contribution in [3.05, 3.63) is 47.5 Å². The lowest BCUT2D eigenvalue weighted by atomic mass is 10.0. The first-order valence-electron chi connectivity index (χ1n) is 5.97. The van der Waals surface area contributed by atoms with Crippen LogP contribution in [0.5, 0.6) is 0 Å². The number of aliphatic carboxylic acids is 1. The van der Waals surface area contributed by atoms with Crippen LogP contribution in [0.25, 0.3) is 0 Å². The number of hydrogen-bond donors (Lipinski definition) is 1. The van der Waals surface area contributed by atoms with Gasteiger partial charge >= 0.3 is 5.97 Å². The second-order valence-corrected chi connectivity index (χ2v) is 4.62. The number of hydrogen-bond acceptors (Lipinski definition) is 3. The van der Waals surface area contributed by atoms with Crippen LogP contribution in [-0.4, -0.2) is 33.8 Å². The topological polar surface area (TPSA) is 74.7 Å². The molecule has 1 heterocycles. The summed E-state index contributed by atoms with van der Waals surface area (Å²) in [5.74, 6) is -2.64. The average Bonchev–Trinajstić information content (AvgIpc) is 2.95. The van der Waals surface area contributed by atoms with E-state index in [1.165, 1.54) is 6.08 Å². The summed E-state index contributed by atoms with van der Waals surface area (Å²) in [6.45, 7) is 0. The van der Waals surface area contributed by atoms with Crippen LogP contribution >= 0.6 is 0 Å². The molecule has 2 amide bonds. The number of carboxylic acid groups (broad SMARTS) is 1. The number of benzene rings is 1. The Bertz CT molecular complexity index is 585. The van der Waals surface area contributed by atoms with Crippen molar-refractivity contribution in [3.63, 3.8) is 0 Å². The van der Waals surface area contributed by atoms with Crippen molar-refractivity contribution in [2.24, 2.45) is 5.92 Å². The molecule has 0 saturated carbocycles. The summed E-state index contributed by atoms with van der Waals surface area (Å²) in [4.78, 5) is 36.7. The van der Waals surface area contributed by atoms with Gasteiger partial charge in [-0.05, 0) is 18.6 Å². The third-order valence-corrected chi connectivity index (χ3v) is 3.58. The van der Waals surface area contributed by atoms with Gasteiger partial charge in [0.15, 0.2) is 0 Å². The van der Waals surface area contributed by atoms with Gasteiger partial charge in [0.1, 0.15) is 0 Å². The molecule has 1 N–H and O–H groups in total. The first-order valence-corrected chi connectivity index (χ1v) is 5.97. The van der Waals surface area contributed by atoms with E-state index in [1.54, 1.807) is 30.3 Å². The molecule has 2 atom stereocenters. The van der Waals surface area contributed by atoms with Gasteiger partial charge in [0.25, 0.3) is 11.8 Å². The second kappa shape index (κ2) is 4.05. The minimum Gasteiger partial charge on any atom is -0.481 e. The molecule has 5 heteroatoms. The highest BCUT2D eigenvalue weighted by atomic mass is 16.4. The van der Waals surface area contributed by atoms with Crippen molar-refractivity contribution in [2.75, 3.05) is 0 Å². The fraction of sp³-hybridized carbons (Fsp3) is 0.214. The maximum atomic E-state index is 12.2. The van der Waals surface area contributed by atoms with Crippen molar-refractivity contribution in [1.82, 2.24) is 4.90 Å². The monoisotopic (exact) mass is 257 g/mol. The molecule has 0 radical (unpaired) electrons. The van der Waals surface area contributed by atoms with E-state index >= 15 is 0 Å². The van der Waals surface area contributed by atoms with E-state index in [4.69, 9.17) is 5.11 Å². The lowest BCUT2D eigenvalue weighted by Crippen LogP contribution is -2.44. The molecule has 0 fully saturated rings. The quantitative estimate of drug-likeness (QED) is 0.640. The van der Waals surface area contributed by atoms with E-state index < -0.39 is 29.7 Å². The third kappa shape index (κ3) is 1.58. The van der Waals surface area contributed by atoms with Gasteiger partial charge in [-0.3, -0.25) is 19.3 Å². The Kier molecular flexibility index (Phi) is 2.48. The first kappa shape index (κ1) is 11.6. The van der Waals surface area contributed by atoms with Gasteiger partial charge < -0.3 is 5.11 Å². The van der Waals surface area contributed by atoms with Gasteiger partial charge in [-0.25, -0.2) is 0 Å². The minimum absolute atomic E-state index is 0.350. The Morgan fingerprint density at radius 3 is 2.26 bits per heavy atom. The minimum atomic E-state index is -1.02. The average molecular weight is 257 g/mol. The summed E-state index contributed by atoms with van der Waals surface area (Å²) < 4.78 is 0. The van der Waals surface area contributed by atoms with Gasteiger partial charge in [-0.15, -0.1) is 0 Å². The Morgan fingerprint density at radius 1 is 1.16 bits per heavy atom. The van der Waals surface area contributed by atoms with Crippen molar-refractivity contribution in [3.8, 4) is 0 Å². The van der Waals surface area contributed by atoms with Crippen LogP contribution in [0, 0.1) is 5.92 Å².